The van der Waals surface area contributed by atoms with E-state index in [4.69, 9.17) is 0 Å². The number of hydrogen-bond donors (Lipinski definition) is 1. The molecule has 1 fully saturated rings. The molecule has 0 saturated carbocycles. The molecule has 1 saturated heterocycles. The third-order valence-corrected chi connectivity index (χ3v) is 3.81. The fraction of sp³-hybridized carbons (Fsp3) is 0.667. The van der Waals surface area contributed by atoms with Crippen molar-refractivity contribution in [1.29, 1.82) is 0 Å². The molecule has 0 bridgehead atoms. The smallest absolute Gasteiger partial charge is 0.0443 e. The summed E-state index contributed by atoms with van der Waals surface area (Å²) in [7, 11) is 4.34. The molecule has 1 unspecified atom stereocenters. The first kappa shape index (κ1) is 14.3. The third-order valence-electron chi connectivity index (χ3n) is 3.81. The number of pyridine rings is 1. The molecule has 0 aromatic carbocycles. The van der Waals surface area contributed by atoms with Gasteiger partial charge >= 0.3 is 0 Å². The van der Waals surface area contributed by atoms with E-state index in [1.165, 1.54) is 17.7 Å². The molecule has 19 heavy (non-hydrogen) atoms. The van der Waals surface area contributed by atoms with Gasteiger partial charge in [0, 0.05) is 55.4 Å². The van der Waals surface area contributed by atoms with Crippen LogP contribution < -0.4 is 10.2 Å². The third kappa shape index (κ3) is 3.67. The molecule has 2 rings (SSSR count). The quantitative estimate of drug-likeness (QED) is 0.875. The van der Waals surface area contributed by atoms with Gasteiger partial charge in [-0.05, 0) is 26.6 Å². The number of aromatic nitrogens is 1. The Bertz CT molecular complexity index is 403. The summed E-state index contributed by atoms with van der Waals surface area (Å²) in [5.74, 6) is 0. The number of hydrogen-bond acceptors (Lipinski definition) is 4. The Hall–Kier alpha value is -1.13. The molecule has 4 nitrogen and oxygen atoms in total. The highest BCUT2D eigenvalue weighted by Crippen LogP contribution is 2.25. The highest BCUT2D eigenvalue weighted by Gasteiger charge is 2.25. The van der Waals surface area contributed by atoms with Crippen LogP contribution in [0, 0.1) is 0 Å². The maximum absolute atomic E-state index is 4.27. The minimum atomic E-state index is 0.501. The second-order valence-electron chi connectivity index (χ2n) is 5.89. The first-order valence-electron chi connectivity index (χ1n) is 7.15. The average Bonchev–Trinajstić information content (AvgIpc) is 2.86. The van der Waals surface area contributed by atoms with Gasteiger partial charge < -0.3 is 15.1 Å². The van der Waals surface area contributed by atoms with Crippen LogP contribution in [0.2, 0.25) is 0 Å². The molecular weight excluding hydrogens is 236 g/mol. The largest absolute Gasteiger partial charge is 0.370 e. The predicted octanol–water partition coefficient (Wildman–Crippen LogP) is 1.72. The van der Waals surface area contributed by atoms with Crippen LogP contribution >= 0.6 is 0 Å². The molecule has 1 aromatic heterocycles. The monoisotopic (exact) mass is 262 g/mol. The van der Waals surface area contributed by atoms with Crippen LogP contribution in [0.15, 0.2) is 18.5 Å². The summed E-state index contributed by atoms with van der Waals surface area (Å²) in [4.78, 5) is 9.09. The Kier molecular flexibility index (Phi) is 4.77. The van der Waals surface area contributed by atoms with Crippen LogP contribution in [-0.4, -0.2) is 49.2 Å². The van der Waals surface area contributed by atoms with E-state index in [0.717, 1.165) is 19.6 Å². The molecule has 1 aliphatic heterocycles. The van der Waals surface area contributed by atoms with Crippen molar-refractivity contribution in [3.63, 3.8) is 0 Å². The summed E-state index contributed by atoms with van der Waals surface area (Å²) in [6.07, 6.45) is 5.14. The lowest BCUT2D eigenvalue weighted by Gasteiger charge is -2.24. The van der Waals surface area contributed by atoms with Crippen LogP contribution in [-0.2, 0) is 6.54 Å². The number of anilines is 1. The zero-order valence-electron chi connectivity index (χ0n) is 12.6. The van der Waals surface area contributed by atoms with Crippen molar-refractivity contribution in [3.05, 3.63) is 24.0 Å². The van der Waals surface area contributed by atoms with Crippen LogP contribution in [0.25, 0.3) is 0 Å². The normalized spacial score (nSPS) is 19.7. The van der Waals surface area contributed by atoms with Gasteiger partial charge in [-0.2, -0.15) is 0 Å². The van der Waals surface area contributed by atoms with Gasteiger partial charge in [0.1, 0.15) is 0 Å². The Balaban J connectivity index is 2.07. The van der Waals surface area contributed by atoms with Gasteiger partial charge in [-0.3, -0.25) is 4.98 Å². The zero-order chi connectivity index (χ0) is 13.8. The first-order chi connectivity index (χ1) is 9.08. The minimum absolute atomic E-state index is 0.501. The molecule has 0 amide bonds. The molecule has 0 radical (unpaired) electrons. The number of nitrogens with one attached hydrogen (secondary N) is 1. The second-order valence-corrected chi connectivity index (χ2v) is 5.89. The SMILES string of the molecule is CC(C)NCc1cnccc1N1CCC(N(C)C)C1. The van der Waals surface area contributed by atoms with Gasteiger partial charge in [-0.25, -0.2) is 0 Å². The maximum atomic E-state index is 4.27. The van der Waals surface area contributed by atoms with E-state index in [-0.39, 0.29) is 0 Å². The molecule has 106 valence electrons. The number of nitrogens with zero attached hydrogens (tertiary/aromatic N) is 3. The summed E-state index contributed by atoms with van der Waals surface area (Å²) in [6.45, 7) is 7.50. The molecule has 4 heteroatoms. The van der Waals surface area contributed by atoms with Crippen molar-refractivity contribution in [3.8, 4) is 0 Å². The number of likely N-dealkylation sites (N-methyl/N-ethyl adjacent to an activating group) is 1. The average molecular weight is 262 g/mol. The van der Waals surface area contributed by atoms with Crippen LogP contribution in [0.3, 0.4) is 0 Å². The van der Waals surface area contributed by atoms with Crippen LogP contribution in [0.1, 0.15) is 25.8 Å². The highest BCUT2D eigenvalue weighted by atomic mass is 15.2. The Labute approximate surface area is 116 Å². The molecule has 1 aromatic rings. The van der Waals surface area contributed by atoms with Gasteiger partial charge in [-0.15, -0.1) is 0 Å². The van der Waals surface area contributed by atoms with Crippen molar-refractivity contribution in [2.75, 3.05) is 32.1 Å². The lowest BCUT2D eigenvalue weighted by Crippen LogP contribution is -2.32. The van der Waals surface area contributed by atoms with Gasteiger partial charge in [0.15, 0.2) is 0 Å². The first-order valence-corrected chi connectivity index (χ1v) is 7.15. The predicted molar refractivity (Wildman–Crippen MR) is 80.5 cm³/mol. The topological polar surface area (TPSA) is 31.4 Å². The van der Waals surface area contributed by atoms with Gasteiger partial charge in [0.2, 0.25) is 0 Å². The van der Waals surface area contributed by atoms with Gasteiger partial charge in [0.05, 0.1) is 0 Å². The zero-order valence-corrected chi connectivity index (χ0v) is 12.6. The van der Waals surface area contributed by atoms with E-state index in [1.54, 1.807) is 0 Å². The second kappa shape index (κ2) is 6.35. The Morgan fingerprint density at radius 2 is 2.26 bits per heavy atom. The lowest BCUT2D eigenvalue weighted by molar-refractivity contribution is 0.315. The molecule has 0 spiro atoms. The fourth-order valence-electron chi connectivity index (χ4n) is 2.56. The van der Waals surface area contributed by atoms with Crippen molar-refractivity contribution in [2.24, 2.45) is 0 Å². The molecule has 1 atom stereocenters. The molecule has 2 heterocycles. The maximum Gasteiger partial charge on any atom is 0.0443 e. The van der Waals surface area contributed by atoms with Crippen LogP contribution in [0.5, 0.6) is 0 Å². The Morgan fingerprint density at radius 1 is 1.47 bits per heavy atom. The van der Waals surface area contributed by atoms with E-state index in [0.29, 0.717) is 12.1 Å². The van der Waals surface area contributed by atoms with Crippen molar-refractivity contribution < 1.29 is 0 Å². The Morgan fingerprint density at radius 3 is 2.89 bits per heavy atom. The summed E-state index contributed by atoms with van der Waals surface area (Å²) < 4.78 is 0. The van der Waals surface area contributed by atoms with Crippen molar-refractivity contribution >= 4 is 5.69 Å². The highest BCUT2D eigenvalue weighted by molar-refractivity contribution is 5.53. The summed E-state index contributed by atoms with van der Waals surface area (Å²) in [5, 5.41) is 3.48. The molecule has 0 aliphatic carbocycles. The van der Waals surface area contributed by atoms with Gasteiger partial charge in [0.25, 0.3) is 0 Å². The van der Waals surface area contributed by atoms with E-state index < -0.39 is 0 Å². The minimum Gasteiger partial charge on any atom is -0.370 e. The van der Waals surface area contributed by atoms with E-state index >= 15 is 0 Å². The molecule has 1 aliphatic rings. The van der Waals surface area contributed by atoms with E-state index in [9.17, 15) is 0 Å². The summed E-state index contributed by atoms with van der Waals surface area (Å²) in [5.41, 5.74) is 2.64. The van der Waals surface area contributed by atoms with Gasteiger partial charge in [-0.1, -0.05) is 13.8 Å². The standard InChI is InChI=1S/C15H26N4/c1-12(2)17-10-13-9-16-7-5-15(13)19-8-6-14(11-19)18(3)4/h5,7,9,12,14,17H,6,8,10-11H2,1-4H3. The lowest BCUT2D eigenvalue weighted by atomic mass is 10.2. The molecular formula is C15H26N4. The van der Waals surface area contributed by atoms with Crippen molar-refractivity contribution in [1.82, 2.24) is 15.2 Å². The fourth-order valence-corrected chi connectivity index (χ4v) is 2.56. The summed E-state index contributed by atoms with van der Waals surface area (Å²) >= 11 is 0. The van der Waals surface area contributed by atoms with Crippen molar-refractivity contribution in [2.45, 2.75) is 38.9 Å². The number of rotatable bonds is 5. The molecule has 1 N–H and O–H groups in total. The van der Waals surface area contributed by atoms with E-state index in [2.05, 4.69) is 54.1 Å². The summed E-state index contributed by atoms with van der Waals surface area (Å²) in [6, 6.07) is 3.32. The van der Waals surface area contributed by atoms with Crippen LogP contribution in [0.4, 0.5) is 5.69 Å². The van der Waals surface area contributed by atoms with E-state index in [1.807, 2.05) is 12.4 Å².